The van der Waals surface area contributed by atoms with E-state index in [0.717, 1.165) is 18.1 Å². The molecule has 0 aromatic heterocycles. The van der Waals surface area contributed by atoms with E-state index in [1.54, 1.807) is 0 Å². The summed E-state index contributed by atoms with van der Waals surface area (Å²) < 4.78 is 39.2. The minimum absolute atomic E-state index is 0.0117. The van der Waals surface area contributed by atoms with E-state index in [2.05, 4.69) is 5.32 Å². The molecule has 2 aromatic rings. The van der Waals surface area contributed by atoms with Gasteiger partial charge in [0, 0.05) is 11.6 Å². The molecule has 4 atom stereocenters. The van der Waals surface area contributed by atoms with Gasteiger partial charge in [0.05, 0.1) is 17.7 Å². The summed E-state index contributed by atoms with van der Waals surface area (Å²) >= 11 is 0. The van der Waals surface area contributed by atoms with Crippen LogP contribution in [0.25, 0.3) is 0 Å². The van der Waals surface area contributed by atoms with Crippen LogP contribution in [0.3, 0.4) is 0 Å². The summed E-state index contributed by atoms with van der Waals surface area (Å²) in [6.45, 7) is 0. The molecular weight excluding hydrogens is 315 g/mol. The van der Waals surface area contributed by atoms with Crippen LogP contribution in [0, 0.1) is 5.92 Å². The summed E-state index contributed by atoms with van der Waals surface area (Å²) in [4.78, 5) is 0. The Hall–Kier alpha value is -2.01. The van der Waals surface area contributed by atoms with Crippen molar-refractivity contribution in [3.05, 3.63) is 65.2 Å². The van der Waals surface area contributed by atoms with Crippen molar-refractivity contribution in [2.75, 3.05) is 5.32 Å². The lowest BCUT2D eigenvalue weighted by atomic mass is 9.76. The van der Waals surface area contributed by atoms with E-state index in [-0.39, 0.29) is 17.9 Å². The number of anilines is 1. The number of halogens is 3. The number of rotatable bonds is 1. The first-order chi connectivity index (χ1) is 11.4. The Morgan fingerprint density at radius 2 is 1.75 bits per heavy atom. The number of aliphatic hydroxyl groups is 1. The van der Waals surface area contributed by atoms with Crippen LogP contribution in [0.4, 0.5) is 18.9 Å². The molecule has 1 aliphatic carbocycles. The van der Waals surface area contributed by atoms with Crippen molar-refractivity contribution in [3.63, 3.8) is 0 Å². The Morgan fingerprint density at radius 1 is 1.00 bits per heavy atom. The molecule has 1 saturated carbocycles. The molecule has 0 spiro atoms. The Morgan fingerprint density at radius 3 is 2.46 bits per heavy atom. The zero-order chi connectivity index (χ0) is 16.9. The van der Waals surface area contributed by atoms with Gasteiger partial charge in [-0.1, -0.05) is 30.3 Å². The van der Waals surface area contributed by atoms with Gasteiger partial charge in [-0.05, 0) is 48.1 Å². The van der Waals surface area contributed by atoms with Gasteiger partial charge in [0.2, 0.25) is 0 Å². The molecular formula is C19H18F3NO. The van der Waals surface area contributed by atoms with Gasteiger partial charge in [0.15, 0.2) is 0 Å². The first-order valence-electron chi connectivity index (χ1n) is 8.16. The highest BCUT2D eigenvalue weighted by molar-refractivity contribution is 5.60. The van der Waals surface area contributed by atoms with E-state index >= 15 is 0 Å². The Kier molecular flexibility index (Phi) is 3.57. The molecule has 2 N–H and O–H groups in total. The van der Waals surface area contributed by atoms with Crippen LogP contribution in [-0.2, 0) is 6.18 Å². The predicted octanol–water partition coefficient (Wildman–Crippen LogP) is 4.73. The quantitative estimate of drug-likeness (QED) is 0.791. The maximum absolute atomic E-state index is 13.1. The van der Waals surface area contributed by atoms with Gasteiger partial charge in [0.1, 0.15) is 0 Å². The number of aliphatic hydroxyl groups excluding tert-OH is 1. The molecule has 0 bridgehead atoms. The average molecular weight is 333 g/mol. The van der Waals surface area contributed by atoms with Gasteiger partial charge < -0.3 is 10.4 Å². The molecule has 5 heteroatoms. The fourth-order valence-corrected chi connectivity index (χ4v) is 4.23. The largest absolute Gasteiger partial charge is 0.416 e. The summed E-state index contributed by atoms with van der Waals surface area (Å²) in [6, 6.07) is 13.7. The van der Waals surface area contributed by atoms with E-state index in [1.165, 1.54) is 12.1 Å². The zero-order valence-electron chi connectivity index (χ0n) is 12.9. The second kappa shape index (κ2) is 5.52. The summed E-state index contributed by atoms with van der Waals surface area (Å²) in [5.74, 6) is -0.160. The molecule has 4 rings (SSSR count). The third-order valence-corrected chi connectivity index (χ3v) is 5.31. The van der Waals surface area contributed by atoms with Gasteiger partial charge in [-0.25, -0.2) is 0 Å². The van der Waals surface area contributed by atoms with Gasteiger partial charge in [0.25, 0.3) is 0 Å². The molecule has 2 nitrogen and oxygen atoms in total. The van der Waals surface area contributed by atoms with Crippen molar-refractivity contribution in [3.8, 4) is 0 Å². The molecule has 24 heavy (non-hydrogen) atoms. The summed E-state index contributed by atoms with van der Waals surface area (Å²) in [6.07, 6.45) is -3.54. The first kappa shape index (κ1) is 15.5. The van der Waals surface area contributed by atoms with Crippen LogP contribution in [0.15, 0.2) is 48.5 Å². The third-order valence-electron chi connectivity index (χ3n) is 5.31. The van der Waals surface area contributed by atoms with Crippen LogP contribution < -0.4 is 5.32 Å². The maximum Gasteiger partial charge on any atom is 0.416 e. The molecule has 0 saturated heterocycles. The maximum atomic E-state index is 13.1. The zero-order valence-corrected chi connectivity index (χ0v) is 12.9. The van der Waals surface area contributed by atoms with Crippen LogP contribution in [0.1, 0.15) is 41.5 Å². The van der Waals surface area contributed by atoms with Crippen molar-refractivity contribution in [1.29, 1.82) is 0 Å². The molecule has 2 aliphatic rings. The molecule has 1 heterocycles. The molecule has 0 radical (unpaired) electrons. The summed E-state index contributed by atoms with van der Waals surface area (Å²) in [5.41, 5.74) is 1.73. The van der Waals surface area contributed by atoms with Crippen molar-refractivity contribution in [1.82, 2.24) is 0 Å². The Bertz CT molecular complexity index is 744. The lowest BCUT2D eigenvalue weighted by Crippen LogP contribution is -2.32. The minimum atomic E-state index is -4.37. The lowest BCUT2D eigenvalue weighted by molar-refractivity contribution is -0.137. The first-order valence-corrected chi connectivity index (χ1v) is 8.16. The van der Waals surface area contributed by atoms with Crippen molar-refractivity contribution in [2.24, 2.45) is 5.92 Å². The fourth-order valence-electron chi connectivity index (χ4n) is 4.23. The fraction of sp³-hybridized carbons (Fsp3) is 0.368. The summed E-state index contributed by atoms with van der Waals surface area (Å²) in [5, 5.41) is 13.8. The van der Waals surface area contributed by atoms with Crippen LogP contribution in [0.2, 0.25) is 0 Å². The van der Waals surface area contributed by atoms with E-state index in [4.69, 9.17) is 0 Å². The minimum Gasteiger partial charge on any atom is -0.392 e. The van der Waals surface area contributed by atoms with Gasteiger partial charge >= 0.3 is 6.18 Å². The second-order valence-corrected chi connectivity index (χ2v) is 6.67. The number of hydrogen-bond acceptors (Lipinski definition) is 2. The molecule has 126 valence electrons. The Balaban J connectivity index is 1.80. The molecule has 2 aromatic carbocycles. The lowest BCUT2D eigenvalue weighted by Gasteiger charge is -2.38. The monoisotopic (exact) mass is 333 g/mol. The van der Waals surface area contributed by atoms with E-state index in [9.17, 15) is 18.3 Å². The highest BCUT2D eigenvalue weighted by Crippen LogP contribution is 2.53. The van der Waals surface area contributed by atoms with E-state index < -0.39 is 17.8 Å². The predicted molar refractivity (Wildman–Crippen MR) is 85.7 cm³/mol. The van der Waals surface area contributed by atoms with Crippen LogP contribution in [0.5, 0.6) is 0 Å². The number of fused-ring (bicyclic) bond motifs is 3. The average Bonchev–Trinajstić information content (AvgIpc) is 2.96. The van der Waals surface area contributed by atoms with Gasteiger partial charge in [-0.15, -0.1) is 0 Å². The van der Waals surface area contributed by atoms with Gasteiger partial charge in [-0.3, -0.25) is 0 Å². The van der Waals surface area contributed by atoms with Crippen LogP contribution in [-0.4, -0.2) is 11.2 Å². The van der Waals surface area contributed by atoms with Crippen molar-refractivity contribution in [2.45, 2.75) is 37.1 Å². The highest BCUT2D eigenvalue weighted by Gasteiger charge is 2.46. The highest BCUT2D eigenvalue weighted by atomic mass is 19.4. The topological polar surface area (TPSA) is 32.3 Å². The molecule has 1 fully saturated rings. The standard InChI is InChI=1S/C19H18F3NO/c20-19(21,22)12-6-8-15-14(10-12)17-13(7-9-16(17)24)18(23-15)11-4-2-1-3-5-11/h1-6,8,10,13,16-18,23-24H,7,9H2/t13-,16-,17+,18?/m1/s1. The number of alkyl halides is 3. The number of benzene rings is 2. The smallest absolute Gasteiger partial charge is 0.392 e. The molecule has 1 unspecified atom stereocenters. The molecule has 1 aliphatic heterocycles. The normalized spacial score (nSPS) is 28.8. The number of hydrogen-bond donors (Lipinski definition) is 2. The Labute approximate surface area is 138 Å². The van der Waals surface area contributed by atoms with E-state index in [1.807, 2.05) is 30.3 Å². The second-order valence-electron chi connectivity index (χ2n) is 6.67. The molecule has 0 amide bonds. The summed E-state index contributed by atoms with van der Waals surface area (Å²) in [7, 11) is 0. The van der Waals surface area contributed by atoms with E-state index in [0.29, 0.717) is 17.7 Å². The third kappa shape index (κ3) is 2.47. The SMILES string of the molecule is O[C@@H]1CC[C@H]2C(c3ccccc3)Nc3ccc(C(F)(F)F)cc3[C@@H]12. The van der Waals surface area contributed by atoms with Crippen LogP contribution >= 0.6 is 0 Å². The number of nitrogens with one attached hydrogen (secondary N) is 1. The van der Waals surface area contributed by atoms with Gasteiger partial charge in [-0.2, -0.15) is 13.2 Å². The van der Waals surface area contributed by atoms with Crippen molar-refractivity contribution < 1.29 is 18.3 Å². The van der Waals surface area contributed by atoms with Crippen molar-refractivity contribution >= 4 is 5.69 Å².